The first kappa shape index (κ1) is 6.67. The number of rotatable bonds is 2. The molecule has 0 aromatic carbocycles. The summed E-state index contributed by atoms with van der Waals surface area (Å²) in [5, 5.41) is 3.08. The van der Waals surface area contributed by atoms with Crippen molar-refractivity contribution >= 4 is 11.3 Å². The number of nitrogens with one attached hydrogen (secondary N) is 1. The van der Waals surface area contributed by atoms with Gasteiger partial charge in [0.1, 0.15) is 0 Å². The fourth-order valence-electron chi connectivity index (χ4n) is 0.594. The summed E-state index contributed by atoms with van der Waals surface area (Å²) in [5.41, 5.74) is 3.56. The molecule has 0 saturated heterocycles. The van der Waals surface area contributed by atoms with Crippen LogP contribution < -0.4 is 11.3 Å². The number of nitrogens with two attached hydrogens (primary N) is 1. The molecule has 0 fully saturated rings. The molecule has 0 spiro atoms. The Balaban J connectivity index is 2.61. The van der Waals surface area contributed by atoms with E-state index in [0.717, 1.165) is 10.7 Å². The van der Waals surface area contributed by atoms with E-state index >= 15 is 0 Å². The van der Waals surface area contributed by atoms with Gasteiger partial charge in [0.25, 0.3) is 0 Å². The Hall–Kier alpha value is -0.450. The third-order valence-electron chi connectivity index (χ3n) is 0.950. The molecule has 1 heterocycles. The van der Waals surface area contributed by atoms with Gasteiger partial charge in [0.15, 0.2) is 0 Å². The number of aryl methyl sites for hydroxylation is 1. The highest BCUT2D eigenvalue weighted by atomic mass is 32.1. The molecule has 0 aliphatic heterocycles. The van der Waals surface area contributed by atoms with E-state index in [-0.39, 0.29) is 0 Å². The quantitative estimate of drug-likeness (QED) is 0.466. The minimum absolute atomic E-state index is 0.657. The lowest BCUT2D eigenvalue weighted by molar-refractivity contribution is 0.726. The van der Waals surface area contributed by atoms with Crippen LogP contribution in [0.3, 0.4) is 0 Å². The molecule has 0 atom stereocenters. The van der Waals surface area contributed by atoms with E-state index in [1.807, 2.05) is 12.3 Å². The van der Waals surface area contributed by atoms with E-state index in [4.69, 9.17) is 5.84 Å². The summed E-state index contributed by atoms with van der Waals surface area (Å²) in [6.45, 7) is 2.63. The molecule has 0 bridgehead atoms. The highest BCUT2D eigenvalue weighted by Gasteiger charge is 1.93. The predicted octanol–water partition coefficient (Wildman–Crippen LogP) is 0.415. The van der Waals surface area contributed by atoms with Crippen molar-refractivity contribution in [2.45, 2.75) is 13.5 Å². The number of hydrogen-bond donors (Lipinski definition) is 2. The topological polar surface area (TPSA) is 50.9 Å². The Morgan fingerprint density at radius 1 is 1.89 bits per heavy atom. The molecule has 0 saturated carbocycles. The minimum atomic E-state index is 0.657. The molecular formula is C5H9N3S. The molecule has 1 aromatic heterocycles. The van der Waals surface area contributed by atoms with Gasteiger partial charge in [-0.2, -0.15) is 0 Å². The molecule has 4 heteroatoms. The molecule has 0 aliphatic rings. The van der Waals surface area contributed by atoms with Crippen molar-refractivity contribution < 1.29 is 0 Å². The molecule has 3 nitrogen and oxygen atoms in total. The second-order valence-corrected chi connectivity index (χ2v) is 2.80. The number of aromatic nitrogens is 1. The Morgan fingerprint density at radius 3 is 3.11 bits per heavy atom. The van der Waals surface area contributed by atoms with Crippen molar-refractivity contribution in [2.75, 3.05) is 0 Å². The third-order valence-corrected chi connectivity index (χ3v) is 1.77. The lowest BCUT2D eigenvalue weighted by Gasteiger charge is -1.89. The first-order valence-corrected chi connectivity index (χ1v) is 3.55. The molecular weight excluding hydrogens is 134 g/mol. The van der Waals surface area contributed by atoms with Gasteiger partial charge in [-0.15, -0.1) is 11.3 Å². The van der Waals surface area contributed by atoms with Crippen LogP contribution in [0.4, 0.5) is 0 Å². The number of nitrogens with zero attached hydrogens (tertiary/aromatic N) is 1. The highest BCUT2D eigenvalue weighted by Crippen LogP contribution is 2.06. The van der Waals surface area contributed by atoms with Gasteiger partial charge >= 0.3 is 0 Å². The first-order chi connectivity index (χ1) is 4.33. The van der Waals surface area contributed by atoms with Gasteiger partial charge in [-0.25, -0.2) is 4.98 Å². The summed E-state index contributed by atoms with van der Waals surface area (Å²) in [6, 6.07) is 0. The van der Waals surface area contributed by atoms with E-state index in [0.29, 0.717) is 6.54 Å². The second kappa shape index (κ2) is 2.91. The predicted molar refractivity (Wildman–Crippen MR) is 37.9 cm³/mol. The molecule has 0 aliphatic carbocycles. The first-order valence-electron chi connectivity index (χ1n) is 2.67. The van der Waals surface area contributed by atoms with Crippen LogP contribution in [-0.2, 0) is 6.54 Å². The van der Waals surface area contributed by atoms with Crippen molar-refractivity contribution in [2.24, 2.45) is 5.84 Å². The molecule has 1 aromatic rings. The molecule has 9 heavy (non-hydrogen) atoms. The molecule has 1 rings (SSSR count). The maximum atomic E-state index is 5.08. The van der Waals surface area contributed by atoms with Crippen LogP contribution in [0.25, 0.3) is 0 Å². The normalized spacial score (nSPS) is 10.0. The van der Waals surface area contributed by atoms with E-state index in [2.05, 4.69) is 10.4 Å². The monoisotopic (exact) mass is 143 g/mol. The van der Waals surface area contributed by atoms with Crippen LogP contribution in [0.2, 0.25) is 0 Å². The van der Waals surface area contributed by atoms with Gasteiger partial charge in [-0.1, -0.05) is 0 Å². The summed E-state index contributed by atoms with van der Waals surface area (Å²) < 4.78 is 0. The van der Waals surface area contributed by atoms with Crippen molar-refractivity contribution in [1.29, 1.82) is 0 Å². The van der Waals surface area contributed by atoms with E-state index in [1.165, 1.54) is 0 Å². The van der Waals surface area contributed by atoms with Gasteiger partial charge in [-0.05, 0) is 6.92 Å². The van der Waals surface area contributed by atoms with E-state index in [1.54, 1.807) is 11.3 Å². The van der Waals surface area contributed by atoms with Gasteiger partial charge < -0.3 is 0 Å². The van der Waals surface area contributed by atoms with E-state index < -0.39 is 0 Å². The molecule has 0 amide bonds. The van der Waals surface area contributed by atoms with Crippen LogP contribution in [-0.4, -0.2) is 4.98 Å². The third kappa shape index (κ3) is 1.74. The lowest BCUT2D eigenvalue weighted by Crippen LogP contribution is -2.20. The summed E-state index contributed by atoms with van der Waals surface area (Å²) in [5.74, 6) is 5.08. The smallest absolute Gasteiger partial charge is 0.0897 e. The number of thiazole rings is 1. The lowest BCUT2D eigenvalue weighted by atomic mass is 10.5. The Kier molecular flexibility index (Phi) is 2.16. The van der Waals surface area contributed by atoms with Gasteiger partial charge in [-0.3, -0.25) is 11.3 Å². The van der Waals surface area contributed by atoms with Gasteiger partial charge in [0.05, 0.1) is 17.2 Å². The number of hydrazine groups is 1. The molecule has 0 unspecified atom stereocenters. The summed E-state index contributed by atoms with van der Waals surface area (Å²) in [7, 11) is 0. The summed E-state index contributed by atoms with van der Waals surface area (Å²) in [4.78, 5) is 4.18. The average Bonchev–Trinajstić information content (AvgIpc) is 2.17. The molecule has 0 radical (unpaired) electrons. The highest BCUT2D eigenvalue weighted by molar-refractivity contribution is 7.09. The van der Waals surface area contributed by atoms with Crippen LogP contribution >= 0.6 is 11.3 Å². The average molecular weight is 143 g/mol. The fraction of sp³-hybridized carbons (Fsp3) is 0.400. The van der Waals surface area contributed by atoms with Crippen LogP contribution in [0, 0.1) is 6.92 Å². The Bertz CT molecular complexity index is 184. The fourth-order valence-corrected chi connectivity index (χ4v) is 1.21. The summed E-state index contributed by atoms with van der Waals surface area (Å²) >= 11 is 1.64. The largest absolute Gasteiger partial charge is 0.271 e. The maximum absolute atomic E-state index is 5.08. The SMILES string of the molecule is Cc1nc(CNN)cs1. The van der Waals surface area contributed by atoms with Gasteiger partial charge in [0, 0.05) is 5.38 Å². The van der Waals surface area contributed by atoms with E-state index in [9.17, 15) is 0 Å². The van der Waals surface area contributed by atoms with Crippen LogP contribution in [0.1, 0.15) is 10.7 Å². The molecule has 3 N–H and O–H groups in total. The minimum Gasteiger partial charge on any atom is -0.271 e. The van der Waals surface area contributed by atoms with Crippen LogP contribution in [0.15, 0.2) is 5.38 Å². The van der Waals surface area contributed by atoms with Crippen molar-refractivity contribution in [1.82, 2.24) is 10.4 Å². The van der Waals surface area contributed by atoms with Crippen molar-refractivity contribution in [3.05, 3.63) is 16.1 Å². The Labute approximate surface area is 57.9 Å². The zero-order chi connectivity index (χ0) is 6.69. The van der Waals surface area contributed by atoms with Crippen molar-refractivity contribution in [3.8, 4) is 0 Å². The summed E-state index contributed by atoms with van der Waals surface area (Å²) in [6.07, 6.45) is 0. The zero-order valence-electron chi connectivity index (χ0n) is 5.22. The number of hydrogen-bond acceptors (Lipinski definition) is 4. The Morgan fingerprint density at radius 2 is 2.67 bits per heavy atom. The van der Waals surface area contributed by atoms with Gasteiger partial charge in [0.2, 0.25) is 0 Å². The standard InChI is InChI=1S/C5H9N3S/c1-4-8-5(2-7-6)3-9-4/h3,7H,2,6H2,1H3. The maximum Gasteiger partial charge on any atom is 0.0897 e. The zero-order valence-corrected chi connectivity index (χ0v) is 6.03. The van der Waals surface area contributed by atoms with Crippen molar-refractivity contribution in [3.63, 3.8) is 0 Å². The second-order valence-electron chi connectivity index (χ2n) is 1.74. The van der Waals surface area contributed by atoms with Crippen LogP contribution in [0.5, 0.6) is 0 Å². The molecule has 50 valence electrons.